The first-order valence-corrected chi connectivity index (χ1v) is 14.6. The van der Waals surface area contributed by atoms with Crippen molar-refractivity contribution < 1.29 is 27.5 Å². The van der Waals surface area contributed by atoms with E-state index in [0.717, 1.165) is 16.5 Å². The van der Waals surface area contributed by atoms with Crippen molar-refractivity contribution in [3.63, 3.8) is 0 Å². The number of piperidine rings is 2. The molecule has 2 fully saturated rings. The molecule has 0 spiro atoms. The maximum Gasteiger partial charge on any atom is 0.251 e. The quantitative estimate of drug-likeness (QED) is 0.314. The zero-order valence-corrected chi connectivity index (χ0v) is 24.2. The first kappa shape index (κ1) is 29.6. The van der Waals surface area contributed by atoms with Crippen LogP contribution in [0.3, 0.4) is 0 Å². The molecule has 1 unspecified atom stereocenters. The van der Waals surface area contributed by atoms with Gasteiger partial charge < -0.3 is 15.0 Å². The Morgan fingerprint density at radius 1 is 1.09 bits per heavy atom. The summed E-state index contributed by atoms with van der Waals surface area (Å²) in [5.74, 6) is -3.45. The summed E-state index contributed by atoms with van der Waals surface area (Å²) in [7, 11) is 1.45. The van der Waals surface area contributed by atoms with E-state index in [4.69, 9.17) is 4.74 Å². The number of ether oxygens (including phenoxy) is 1. The molecule has 2 aliphatic heterocycles. The highest BCUT2D eigenvalue weighted by molar-refractivity contribution is 6.01. The van der Waals surface area contributed by atoms with Crippen molar-refractivity contribution in [3.8, 4) is 17.0 Å². The molecule has 2 aliphatic rings. The van der Waals surface area contributed by atoms with Crippen molar-refractivity contribution in [1.82, 2.24) is 30.3 Å². The molecule has 9 nitrogen and oxygen atoms in total. The van der Waals surface area contributed by atoms with E-state index in [-0.39, 0.29) is 56.9 Å². The van der Waals surface area contributed by atoms with Gasteiger partial charge in [0.1, 0.15) is 17.3 Å². The Balaban J connectivity index is 1.22. The highest BCUT2D eigenvalue weighted by Crippen LogP contribution is 2.32. The van der Waals surface area contributed by atoms with E-state index in [2.05, 4.69) is 20.5 Å². The Kier molecular flexibility index (Phi) is 8.26. The standard InChI is InChI=1S/C32H33F3N6O3/c1-44-28-4-2-3-25(33)24(28)19-41-18-22(6-8-27(41)31(43)40-15-11-32(34,35)12-16-40)37-30(42)21-5-7-26-23(17-21)29(39-38-26)20-9-13-36-14-10-20/h2-5,7,9-10,13-14,17,22,27H,6,8,11-12,15-16,18-19H2,1H3,(H,37,42)(H,38,39)/t22-,27?/m1/s1. The second-order valence-corrected chi connectivity index (χ2v) is 11.4. The topological polar surface area (TPSA) is 103 Å². The van der Waals surface area contributed by atoms with Gasteiger partial charge in [-0.05, 0) is 55.3 Å². The third-order valence-corrected chi connectivity index (χ3v) is 8.55. The van der Waals surface area contributed by atoms with Crippen LogP contribution >= 0.6 is 0 Å². The number of fused-ring (bicyclic) bond motifs is 1. The fourth-order valence-corrected chi connectivity index (χ4v) is 6.12. The molecule has 44 heavy (non-hydrogen) atoms. The van der Waals surface area contributed by atoms with E-state index in [1.807, 2.05) is 17.0 Å². The molecule has 2 N–H and O–H groups in total. The number of hydrogen-bond donors (Lipinski definition) is 2. The molecule has 2 aromatic heterocycles. The molecular formula is C32H33F3N6O3. The van der Waals surface area contributed by atoms with Gasteiger partial charge in [0.05, 0.1) is 18.7 Å². The minimum atomic E-state index is -2.78. The SMILES string of the molecule is COc1cccc(F)c1CN1C[C@H](NC(=O)c2ccc3[nH]nc(-c4ccncc4)c3c2)CCC1C(=O)N1CCC(F)(F)CC1. The number of pyridine rings is 1. The van der Waals surface area contributed by atoms with E-state index in [9.17, 15) is 22.8 Å². The summed E-state index contributed by atoms with van der Waals surface area (Å²) in [6, 6.07) is 12.5. The lowest BCUT2D eigenvalue weighted by atomic mass is 9.94. The van der Waals surface area contributed by atoms with Crippen LogP contribution in [0.5, 0.6) is 5.75 Å². The number of aromatic nitrogens is 3. The van der Waals surface area contributed by atoms with Gasteiger partial charge in [-0.3, -0.25) is 24.6 Å². The van der Waals surface area contributed by atoms with Crippen molar-refractivity contribution >= 4 is 22.7 Å². The number of aromatic amines is 1. The van der Waals surface area contributed by atoms with Gasteiger partial charge in [0, 0.05) is 79.5 Å². The normalized spacial score (nSPS) is 20.4. The summed E-state index contributed by atoms with van der Waals surface area (Å²) in [4.78, 5) is 34.4. The third-order valence-electron chi connectivity index (χ3n) is 8.55. The first-order chi connectivity index (χ1) is 21.2. The number of nitrogens with one attached hydrogen (secondary N) is 2. The van der Waals surface area contributed by atoms with Crippen LogP contribution in [0.2, 0.25) is 0 Å². The number of likely N-dealkylation sites (tertiary alicyclic amines) is 2. The van der Waals surface area contributed by atoms with Gasteiger partial charge in [-0.25, -0.2) is 13.2 Å². The molecule has 4 heterocycles. The Hall–Kier alpha value is -4.45. The maximum absolute atomic E-state index is 15.0. The number of carbonyl (C=O) groups excluding carboxylic acids is 2. The molecule has 230 valence electrons. The van der Waals surface area contributed by atoms with Crippen molar-refractivity contribution in [3.05, 3.63) is 77.9 Å². The molecule has 12 heteroatoms. The predicted octanol–water partition coefficient (Wildman–Crippen LogP) is 4.79. The van der Waals surface area contributed by atoms with E-state index in [0.29, 0.717) is 35.4 Å². The van der Waals surface area contributed by atoms with E-state index >= 15 is 0 Å². The van der Waals surface area contributed by atoms with Crippen LogP contribution in [0.25, 0.3) is 22.2 Å². The summed E-state index contributed by atoms with van der Waals surface area (Å²) in [5.41, 5.74) is 3.09. The molecule has 0 aliphatic carbocycles. The number of hydrogen-bond acceptors (Lipinski definition) is 6. The number of amides is 2. The number of benzene rings is 2. The minimum absolute atomic E-state index is 0.0304. The largest absolute Gasteiger partial charge is 0.496 e. The Labute approximate surface area is 252 Å². The zero-order valence-electron chi connectivity index (χ0n) is 24.2. The van der Waals surface area contributed by atoms with Gasteiger partial charge >= 0.3 is 0 Å². The highest BCUT2D eigenvalue weighted by atomic mass is 19.3. The van der Waals surface area contributed by atoms with Crippen LogP contribution in [-0.2, 0) is 11.3 Å². The summed E-state index contributed by atoms with van der Waals surface area (Å²) < 4.78 is 48.0. The van der Waals surface area contributed by atoms with Crippen LogP contribution in [0.1, 0.15) is 41.6 Å². The number of nitrogens with zero attached hydrogens (tertiary/aromatic N) is 4. The highest BCUT2D eigenvalue weighted by Gasteiger charge is 2.41. The van der Waals surface area contributed by atoms with Crippen LogP contribution in [0.15, 0.2) is 60.9 Å². The maximum atomic E-state index is 15.0. The van der Waals surface area contributed by atoms with Crippen molar-refractivity contribution in [2.75, 3.05) is 26.7 Å². The van der Waals surface area contributed by atoms with Gasteiger partial charge in [0.25, 0.3) is 11.8 Å². The lowest BCUT2D eigenvalue weighted by molar-refractivity contribution is -0.144. The van der Waals surface area contributed by atoms with Crippen molar-refractivity contribution in [2.45, 2.75) is 50.2 Å². The van der Waals surface area contributed by atoms with Crippen LogP contribution in [0, 0.1) is 5.82 Å². The number of methoxy groups -OCH3 is 1. The van der Waals surface area contributed by atoms with Gasteiger partial charge in [-0.1, -0.05) is 6.07 Å². The smallest absolute Gasteiger partial charge is 0.251 e. The molecule has 2 atom stereocenters. The molecule has 2 saturated heterocycles. The predicted molar refractivity (Wildman–Crippen MR) is 158 cm³/mol. The zero-order chi connectivity index (χ0) is 30.8. The first-order valence-electron chi connectivity index (χ1n) is 14.6. The Morgan fingerprint density at radius 3 is 2.61 bits per heavy atom. The number of carbonyl (C=O) groups is 2. The average molecular weight is 607 g/mol. The van der Waals surface area contributed by atoms with Gasteiger partial charge in [-0.15, -0.1) is 0 Å². The number of alkyl halides is 2. The van der Waals surface area contributed by atoms with Crippen molar-refractivity contribution in [1.29, 1.82) is 0 Å². The summed E-state index contributed by atoms with van der Waals surface area (Å²) in [6.45, 7) is 0.257. The molecular weight excluding hydrogens is 573 g/mol. The van der Waals surface area contributed by atoms with E-state index in [1.54, 1.807) is 42.7 Å². The number of H-pyrrole nitrogens is 1. The van der Waals surface area contributed by atoms with Gasteiger partial charge in [0.2, 0.25) is 5.91 Å². The monoisotopic (exact) mass is 606 g/mol. The van der Waals surface area contributed by atoms with Gasteiger partial charge in [0.15, 0.2) is 0 Å². The Bertz CT molecular complexity index is 1650. The molecule has 2 aromatic carbocycles. The molecule has 0 saturated carbocycles. The summed E-state index contributed by atoms with van der Waals surface area (Å²) >= 11 is 0. The second-order valence-electron chi connectivity index (χ2n) is 11.4. The van der Waals surface area contributed by atoms with Crippen molar-refractivity contribution in [2.24, 2.45) is 0 Å². The average Bonchev–Trinajstić information content (AvgIpc) is 3.46. The third kappa shape index (κ3) is 6.12. The summed E-state index contributed by atoms with van der Waals surface area (Å²) in [6.07, 6.45) is 3.46. The summed E-state index contributed by atoms with van der Waals surface area (Å²) in [5, 5.41) is 11.3. The fourth-order valence-electron chi connectivity index (χ4n) is 6.12. The number of rotatable bonds is 7. The molecule has 6 rings (SSSR count). The van der Waals surface area contributed by atoms with Gasteiger partial charge in [-0.2, -0.15) is 5.10 Å². The fraction of sp³-hybridized carbons (Fsp3) is 0.375. The molecule has 0 bridgehead atoms. The van der Waals surface area contributed by atoms with E-state index < -0.39 is 17.8 Å². The molecule has 4 aromatic rings. The molecule has 0 radical (unpaired) electrons. The molecule has 2 amide bonds. The van der Waals surface area contributed by atoms with Crippen LogP contribution in [0.4, 0.5) is 13.2 Å². The lowest BCUT2D eigenvalue weighted by Gasteiger charge is -2.42. The minimum Gasteiger partial charge on any atom is -0.496 e. The Morgan fingerprint density at radius 2 is 1.86 bits per heavy atom. The number of halogens is 3. The second kappa shape index (κ2) is 12.3. The van der Waals surface area contributed by atoms with Crippen LogP contribution in [-0.4, -0.2) is 81.5 Å². The van der Waals surface area contributed by atoms with E-state index in [1.165, 1.54) is 18.1 Å². The van der Waals surface area contributed by atoms with Crippen LogP contribution < -0.4 is 10.1 Å². The lowest BCUT2D eigenvalue weighted by Crippen LogP contribution is -2.58.